The summed E-state index contributed by atoms with van der Waals surface area (Å²) in [5.41, 5.74) is -2.80. The highest BCUT2D eigenvalue weighted by Crippen LogP contribution is 2.28. The van der Waals surface area contributed by atoms with Crippen LogP contribution in [-0.4, -0.2) is 25.0 Å². The summed E-state index contributed by atoms with van der Waals surface area (Å²) in [7, 11) is 1.18. The lowest BCUT2D eigenvalue weighted by atomic mass is 9.85. The molecule has 1 aromatic rings. The fraction of sp³-hybridized carbons (Fsp3) is 0.471. The minimum atomic E-state index is -2.88. The van der Waals surface area contributed by atoms with Crippen LogP contribution in [0.15, 0.2) is 24.3 Å². The number of benzene rings is 1. The number of nitrogens with zero attached hydrogens (tertiary/aromatic N) is 1. The Morgan fingerprint density at radius 3 is 2.17 bits per heavy atom. The summed E-state index contributed by atoms with van der Waals surface area (Å²) in [5.74, 6) is -1.88. The number of aryl methyl sites for hydroxylation is 1. The first-order valence-electron chi connectivity index (χ1n) is 7.12. The molecule has 0 aliphatic rings. The minimum Gasteiger partial charge on any atom is -0.467 e. The summed E-state index contributed by atoms with van der Waals surface area (Å²) in [4.78, 5) is 24.2. The molecule has 124 valence electrons. The van der Waals surface area contributed by atoms with E-state index in [9.17, 15) is 19.2 Å². The van der Waals surface area contributed by atoms with Gasteiger partial charge in [0.15, 0.2) is 0 Å². The van der Waals surface area contributed by atoms with Crippen LogP contribution in [0.4, 0.5) is 4.39 Å². The molecule has 1 rings (SSSR count). The van der Waals surface area contributed by atoms with Crippen LogP contribution >= 0.6 is 0 Å². The lowest BCUT2D eigenvalue weighted by Crippen LogP contribution is -2.54. The van der Waals surface area contributed by atoms with Gasteiger partial charge in [0.05, 0.1) is 7.11 Å². The molecule has 1 aromatic carbocycles. The molecule has 0 aliphatic heterocycles. The van der Waals surface area contributed by atoms with E-state index < -0.39 is 29.0 Å². The van der Waals surface area contributed by atoms with E-state index in [4.69, 9.17) is 0 Å². The van der Waals surface area contributed by atoms with Gasteiger partial charge >= 0.3 is 5.97 Å². The molecule has 5 nitrogen and oxygen atoms in total. The Morgan fingerprint density at radius 1 is 1.26 bits per heavy atom. The normalized spacial score (nSPS) is 15.0. The Bertz CT molecular complexity index is 629. The monoisotopic (exact) mass is 320 g/mol. The first-order chi connectivity index (χ1) is 10.6. The summed E-state index contributed by atoms with van der Waals surface area (Å²) < 4.78 is 19.6. The number of nitrogens with one attached hydrogen (secondary N) is 1. The Kier molecular flexibility index (Phi) is 5.49. The molecule has 0 fully saturated rings. The number of methoxy groups -OCH3 is 1. The summed E-state index contributed by atoms with van der Waals surface area (Å²) in [6.45, 7) is 6.91. The number of nitriles is 1. The quantitative estimate of drug-likeness (QED) is 0.864. The van der Waals surface area contributed by atoms with Gasteiger partial charge in [0.1, 0.15) is 12.1 Å². The Morgan fingerprint density at radius 2 is 1.78 bits per heavy atom. The summed E-state index contributed by atoms with van der Waals surface area (Å²) in [6.07, 6.45) is 0. The first-order valence-corrected chi connectivity index (χ1v) is 7.12. The molecule has 1 unspecified atom stereocenters. The molecule has 0 radical (unpaired) electrons. The van der Waals surface area contributed by atoms with Crippen molar-refractivity contribution in [1.29, 1.82) is 5.26 Å². The van der Waals surface area contributed by atoms with Gasteiger partial charge in [-0.1, -0.05) is 50.6 Å². The van der Waals surface area contributed by atoms with Crippen LogP contribution in [0.5, 0.6) is 0 Å². The predicted octanol–water partition coefficient (Wildman–Crippen LogP) is 2.39. The van der Waals surface area contributed by atoms with Gasteiger partial charge < -0.3 is 10.1 Å². The van der Waals surface area contributed by atoms with Crippen molar-refractivity contribution in [3.8, 4) is 6.07 Å². The van der Waals surface area contributed by atoms with Gasteiger partial charge in [-0.15, -0.1) is 0 Å². The lowest BCUT2D eigenvalue weighted by molar-refractivity contribution is -0.149. The third-order valence-electron chi connectivity index (χ3n) is 3.49. The summed E-state index contributed by atoms with van der Waals surface area (Å²) >= 11 is 0. The van der Waals surface area contributed by atoms with Crippen LogP contribution in [-0.2, 0) is 20.0 Å². The number of hydrogen-bond acceptors (Lipinski definition) is 4. The van der Waals surface area contributed by atoms with E-state index in [0.717, 1.165) is 5.56 Å². The summed E-state index contributed by atoms with van der Waals surface area (Å²) in [5, 5.41) is 11.5. The van der Waals surface area contributed by atoms with E-state index in [-0.39, 0.29) is 5.56 Å². The Balaban J connectivity index is 3.15. The molecule has 23 heavy (non-hydrogen) atoms. The molecule has 0 aromatic heterocycles. The molecule has 0 bridgehead atoms. The average molecular weight is 320 g/mol. The number of carbonyl (C=O) groups excluding carboxylic acids is 2. The number of alkyl halides is 1. The number of carbonyl (C=O) groups is 2. The van der Waals surface area contributed by atoms with Gasteiger partial charge in [0.25, 0.3) is 11.6 Å². The van der Waals surface area contributed by atoms with E-state index in [1.54, 1.807) is 32.9 Å². The fourth-order valence-corrected chi connectivity index (χ4v) is 2.01. The maximum Gasteiger partial charge on any atom is 0.328 e. The number of halogens is 1. The van der Waals surface area contributed by atoms with Crippen LogP contribution in [0.25, 0.3) is 0 Å². The second-order valence-electron chi connectivity index (χ2n) is 6.43. The second kappa shape index (κ2) is 6.78. The molecule has 2 atom stereocenters. The summed E-state index contributed by atoms with van der Waals surface area (Å²) in [6, 6.07) is 6.29. The number of amides is 1. The average Bonchev–Trinajstić information content (AvgIpc) is 2.50. The lowest BCUT2D eigenvalue weighted by Gasteiger charge is -2.30. The van der Waals surface area contributed by atoms with Crippen molar-refractivity contribution in [1.82, 2.24) is 5.32 Å². The molecule has 0 saturated heterocycles. The van der Waals surface area contributed by atoms with Gasteiger partial charge in [-0.2, -0.15) is 5.26 Å². The van der Waals surface area contributed by atoms with E-state index in [1.165, 1.54) is 25.3 Å². The van der Waals surface area contributed by atoms with Crippen LogP contribution in [0.1, 0.15) is 31.9 Å². The Labute approximate surface area is 135 Å². The van der Waals surface area contributed by atoms with Crippen molar-refractivity contribution < 1.29 is 18.7 Å². The second-order valence-corrected chi connectivity index (χ2v) is 6.43. The van der Waals surface area contributed by atoms with E-state index in [0.29, 0.717) is 0 Å². The maximum absolute atomic E-state index is 15.0. The van der Waals surface area contributed by atoms with Crippen LogP contribution < -0.4 is 5.32 Å². The highest BCUT2D eigenvalue weighted by molar-refractivity contribution is 5.93. The van der Waals surface area contributed by atoms with Crippen molar-refractivity contribution in [3.05, 3.63) is 35.4 Å². The zero-order valence-electron chi connectivity index (χ0n) is 13.9. The van der Waals surface area contributed by atoms with Gasteiger partial charge in [0, 0.05) is 5.56 Å². The van der Waals surface area contributed by atoms with Gasteiger partial charge in [-0.25, -0.2) is 9.18 Å². The highest BCUT2D eigenvalue weighted by Gasteiger charge is 2.45. The van der Waals surface area contributed by atoms with Crippen molar-refractivity contribution in [2.75, 3.05) is 7.11 Å². The molecular formula is C17H21FN2O3. The minimum absolute atomic E-state index is 0.0828. The number of hydrogen-bond donors (Lipinski definition) is 1. The number of rotatable bonds is 4. The largest absolute Gasteiger partial charge is 0.467 e. The van der Waals surface area contributed by atoms with Crippen LogP contribution in [0, 0.1) is 23.7 Å². The molecule has 0 aliphatic carbocycles. The van der Waals surface area contributed by atoms with Gasteiger partial charge in [-0.3, -0.25) is 4.79 Å². The topological polar surface area (TPSA) is 79.2 Å². The van der Waals surface area contributed by atoms with Gasteiger partial charge in [-0.05, 0) is 12.3 Å². The highest BCUT2D eigenvalue weighted by atomic mass is 19.1. The van der Waals surface area contributed by atoms with Crippen molar-refractivity contribution >= 4 is 11.9 Å². The molecule has 0 heterocycles. The zero-order chi connectivity index (χ0) is 17.8. The van der Waals surface area contributed by atoms with Crippen molar-refractivity contribution in [2.45, 2.75) is 39.4 Å². The maximum atomic E-state index is 15.0. The van der Waals surface area contributed by atoms with E-state index >= 15 is 0 Å². The third-order valence-corrected chi connectivity index (χ3v) is 3.49. The first kappa shape index (κ1) is 18.6. The molecule has 1 amide bonds. The zero-order valence-corrected chi connectivity index (χ0v) is 13.9. The molecular weight excluding hydrogens is 299 g/mol. The van der Waals surface area contributed by atoms with Crippen LogP contribution in [0.3, 0.4) is 0 Å². The van der Waals surface area contributed by atoms with Crippen molar-refractivity contribution in [3.63, 3.8) is 0 Å². The van der Waals surface area contributed by atoms with Crippen LogP contribution in [0.2, 0.25) is 0 Å². The standard InChI is InChI=1S/C17H21FN2O3/c1-11-6-8-12(9-7-11)17(18,10-19)15(22)20-13(14(21)23-5)16(2,3)4/h6-9,13H,1-5H3,(H,20,22)/t13-,17?/m1/s1. The molecule has 1 N–H and O–H groups in total. The van der Waals surface area contributed by atoms with Crippen molar-refractivity contribution in [2.24, 2.45) is 5.41 Å². The third kappa shape index (κ3) is 4.07. The molecule has 6 heteroatoms. The fourth-order valence-electron chi connectivity index (χ4n) is 2.01. The molecule has 0 saturated carbocycles. The van der Waals surface area contributed by atoms with E-state index in [1.807, 2.05) is 6.92 Å². The SMILES string of the molecule is COC(=O)[C@@H](NC(=O)C(F)(C#N)c1ccc(C)cc1)C(C)(C)C. The molecule has 0 spiro atoms. The Hall–Kier alpha value is -2.42. The number of ether oxygens (including phenoxy) is 1. The van der Waals surface area contributed by atoms with Gasteiger partial charge in [0.2, 0.25) is 0 Å². The predicted molar refractivity (Wildman–Crippen MR) is 83.0 cm³/mol. The number of esters is 1. The smallest absolute Gasteiger partial charge is 0.328 e. The van der Waals surface area contributed by atoms with E-state index in [2.05, 4.69) is 10.1 Å².